The van der Waals surface area contributed by atoms with Crippen LogP contribution in [0.2, 0.25) is 5.02 Å². The third-order valence-electron chi connectivity index (χ3n) is 2.00. The number of benzene rings is 1. The van der Waals surface area contributed by atoms with Crippen LogP contribution < -0.4 is 10.1 Å². The summed E-state index contributed by atoms with van der Waals surface area (Å²) in [5, 5.41) is 3.32. The molecule has 0 spiro atoms. The number of amides is 2. The van der Waals surface area contributed by atoms with Gasteiger partial charge in [-0.05, 0) is 18.0 Å². The summed E-state index contributed by atoms with van der Waals surface area (Å²) in [6.07, 6.45) is 0. The Kier molecular flexibility index (Phi) is 2.67. The number of halogens is 1. The number of carbonyl (C=O) groups excluding carboxylic acids is 1. The molecule has 1 heterocycles. The lowest BCUT2D eigenvalue weighted by atomic mass is 10.3. The summed E-state index contributed by atoms with van der Waals surface area (Å²) in [6.45, 7) is 0. The van der Waals surface area contributed by atoms with Crippen LogP contribution >= 0.6 is 23.5 Å². The van der Waals surface area contributed by atoms with E-state index in [9.17, 15) is 4.79 Å². The Bertz CT molecular complexity index is 425. The molecule has 0 aliphatic carbocycles. The minimum absolute atomic E-state index is 0.173. The standard InChI is InChI=1S/C9H9ClN2O2S/c1-12-9(13)11-8-6(14-2)3-5(10)4-7(8)15-12/h3-4H,1-2H3,(H,11,13). The molecule has 1 aromatic carbocycles. The first kappa shape index (κ1) is 10.4. The van der Waals surface area contributed by atoms with Gasteiger partial charge < -0.3 is 10.1 Å². The number of anilines is 1. The summed E-state index contributed by atoms with van der Waals surface area (Å²) in [6, 6.07) is 3.29. The minimum atomic E-state index is -0.173. The highest BCUT2D eigenvalue weighted by molar-refractivity contribution is 7.97. The van der Waals surface area contributed by atoms with Gasteiger partial charge in [-0.3, -0.25) is 4.31 Å². The Morgan fingerprint density at radius 3 is 2.93 bits per heavy atom. The molecule has 0 saturated heterocycles. The molecule has 0 saturated carbocycles. The van der Waals surface area contributed by atoms with Gasteiger partial charge in [0, 0.05) is 18.1 Å². The van der Waals surface area contributed by atoms with E-state index in [1.807, 2.05) is 0 Å². The third-order valence-corrected chi connectivity index (χ3v) is 3.18. The molecule has 2 amide bonds. The van der Waals surface area contributed by atoms with Crippen molar-refractivity contribution in [1.29, 1.82) is 0 Å². The van der Waals surface area contributed by atoms with Crippen LogP contribution in [0.25, 0.3) is 0 Å². The number of nitrogens with zero attached hydrogens (tertiary/aromatic N) is 1. The first-order chi connectivity index (χ1) is 7.11. The van der Waals surface area contributed by atoms with Gasteiger partial charge in [-0.15, -0.1) is 0 Å². The fourth-order valence-electron chi connectivity index (χ4n) is 1.29. The molecular formula is C9H9ClN2O2S. The Balaban J connectivity index is 2.51. The average Bonchev–Trinajstić information content (AvgIpc) is 2.19. The molecule has 0 radical (unpaired) electrons. The summed E-state index contributed by atoms with van der Waals surface area (Å²) in [5.41, 5.74) is 0.676. The monoisotopic (exact) mass is 244 g/mol. The van der Waals surface area contributed by atoms with Crippen LogP contribution in [0, 0.1) is 0 Å². The zero-order valence-electron chi connectivity index (χ0n) is 8.20. The van der Waals surface area contributed by atoms with Crippen LogP contribution in [-0.2, 0) is 0 Å². The van der Waals surface area contributed by atoms with E-state index in [2.05, 4.69) is 5.32 Å². The van der Waals surface area contributed by atoms with Gasteiger partial charge in [-0.2, -0.15) is 0 Å². The van der Waals surface area contributed by atoms with Gasteiger partial charge in [0.05, 0.1) is 12.0 Å². The number of fused-ring (bicyclic) bond motifs is 1. The van der Waals surface area contributed by atoms with E-state index in [0.717, 1.165) is 4.90 Å². The lowest BCUT2D eigenvalue weighted by Crippen LogP contribution is -2.29. The Morgan fingerprint density at radius 2 is 2.27 bits per heavy atom. The van der Waals surface area contributed by atoms with Crippen LogP contribution in [-0.4, -0.2) is 24.5 Å². The minimum Gasteiger partial charge on any atom is -0.494 e. The Hall–Kier alpha value is -1.07. The molecule has 0 aromatic heterocycles. The van der Waals surface area contributed by atoms with Gasteiger partial charge in [0.2, 0.25) is 0 Å². The summed E-state index contributed by atoms with van der Waals surface area (Å²) >= 11 is 7.24. The summed E-state index contributed by atoms with van der Waals surface area (Å²) in [5.74, 6) is 0.575. The molecule has 0 bridgehead atoms. The van der Waals surface area contributed by atoms with Crippen LogP contribution in [0.3, 0.4) is 0 Å². The molecule has 6 heteroatoms. The molecule has 2 rings (SSSR count). The second kappa shape index (κ2) is 3.83. The van der Waals surface area contributed by atoms with Crippen LogP contribution in [0.15, 0.2) is 17.0 Å². The van der Waals surface area contributed by atoms with Crippen molar-refractivity contribution in [2.24, 2.45) is 0 Å². The lowest BCUT2D eigenvalue weighted by molar-refractivity contribution is 0.242. The number of hydrogen-bond acceptors (Lipinski definition) is 3. The molecule has 0 unspecified atom stereocenters. The SMILES string of the molecule is COc1cc(Cl)cc2c1NC(=O)N(C)S2. The molecular weight excluding hydrogens is 236 g/mol. The maximum atomic E-state index is 11.4. The Labute approximate surface area is 96.7 Å². The normalized spacial score (nSPS) is 14.6. The molecule has 15 heavy (non-hydrogen) atoms. The first-order valence-corrected chi connectivity index (χ1v) is 5.37. The molecule has 4 nitrogen and oxygen atoms in total. The van der Waals surface area contributed by atoms with Crippen molar-refractivity contribution in [3.05, 3.63) is 17.2 Å². The number of rotatable bonds is 1. The van der Waals surface area contributed by atoms with Gasteiger partial charge in [-0.25, -0.2) is 4.79 Å². The smallest absolute Gasteiger partial charge is 0.331 e. The zero-order chi connectivity index (χ0) is 11.0. The Morgan fingerprint density at radius 1 is 1.53 bits per heavy atom. The first-order valence-electron chi connectivity index (χ1n) is 4.22. The maximum Gasteiger partial charge on any atom is 0.331 e. The second-order valence-electron chi connectivity index (χ2n) is 3.00. The summed E-state index contributed by atoms with van der Waals surface area (Å²) in [7, 11) is 3.23. The van der Waals surface area contributed by atoms with E-state index in [1.165, 1.54) is 16.3 Å². The van der Waals surface area contributed by atoms with E-state index in [0.29, 0.717) is 16.5 Å². The van der Waals surface area contributed by atoms with E-state index < -0.39 is 0 Å². The van der Waals surface area contributed by atoms with E-state index >= 15 is 0 Å². The molecule has 0 atom stereocenters. The van der Waals surface area contributed by atoms with Crippen molar-refractivity contribution >= 4 is 35.3 Å². The van der Waals surface area contributed by atoms with Gasteiger partial charge in [0.25, 0.3) is 0 Å². The largest absolute Gasteiger partial charge is 0.494 e. The van der Waals surface area contributed by atoms with Gasteiger partial charge in [-0.1, -0.05) is 11.6 Å². The molecule has 80 valence electrons. The van der Waals surface area contributed by atoms with E-state index in [4.69, 9.17) is 16.3 Å². The fourth-order valence-corrected chi connectivity index (χ4v) is 2.41. The van der Waals surface area contributed by atoms with Crippen molar-refractivity contribution < 1.29 is 9.53 Å². The molecule has 1 aromatic rings. The predicted octanol–water partition coefficient (Wildman–Crippen LogP) is 2.83. The maximum absolute atomic E-state index is 11.4. The number of ether oxygens (including phenoxy) is 1. The quantitative estimate of drug-likeness (QED) is 0.773. The summed E-state index contributed by atoms with van der Waals surface area (Å²) in [4.78, 5) is 12.3. The zero-order valence-corrected chi connectivity index (χ0v) is 9.78. The van der Waals surface area contributed by atoms with Crippen LogP contribution in [0.1, 0.15) is 0 Å². The van der Waals surface area contributed by atoms with Gasteiger partial charge in [0.1, 0.15) is 11.4 Å². The number of carbonyl (C=O) groups is 1. The van der Waals surface area contributed by atoms with E-state index in [1.54, 1.807) is 26.3 Å². The average molecular weight is 245 g/mol. The third kappa shape index (κ3) is 1.85. The molecule has 1 N–H and O–H groups in total. The van der Waals surface area contributed by atoms with E-state index in [-0.39, 0.29) is 6.03 Å². The topological polar surface area (TPSA) is 41.6 Å². The second-order valence-corrected chi connectivity index (χ2v) is 4.61. The van der Waals surface area contributed by atoms with Gasteiger partial charge >= 0.3 is 6.03 Å². The number of methoxy groups -OCH3 is 1. The fraction of sp³-hybridized carbons (Fsp3) is 0.222. The highest BCUT2D eigenvalue weighted by atomic mass is 35.5. The number of hydrogen-bond donors (Lipinski definition) is 1. The number of urea groups is 1. The van der Waals surface area contributed by atoms with Crippen LogP contribution in [0.4, 0.5) is 10.5 Å². The molecule has 1 aliphatic rings. The lowest BCUT2D eigenvalue weighted by Gasteiger charge is -2.25. The highest BCUT2D eigenvalue weighted by Gasteiger charge is 2.24. The van der Waals surface area contributed by atoms with Crippen molar-refractivity contribution in [2.45, 2.75) is 4.90 Å². The summed E-state index contributed by atoms with van der Waals surface area (Å²) < 4.78 is 6.64. The number of nitrogens with one attached hydrogen (secondary N) is 1. The van der Waals surface area contributed by atoms with Crippen molar-refractivity contribution in [3.63, 3.8) is 0 Å². The molecule has 1 aliphatic heterocycles. The predicted molar refractivity (Wildman–Crippen MR) is 60.6 cm³/mol. The van der Waals surface area contributed by atoms with Crippen molar-refractivity contribution in [2.75, 3.05) is 19.5 Å². The van der Waals surface area contributed by atoms with Gasteiger partial charge in [0.15, 0.2) is 0 Å². The van der Waals surface area contributed by atoms with Crippen molar-refractivity contribution in [3.8, 4) is 5.75 Å². The molecule has 0 fully saturated rings. The van der Waals surface area contributed by atoms with Crippen LogP contribution in [0.5, 0.6) is 5.75 Å². The highest BCUT2D eigenvalue weighted by Crippen LogP contribution is 2.42. The van der Waals surface area contributed by atoms with Crippen molar-refractivity contribution in [1.82, 2.24) is 4.31 Å².